The van der Waals surface area contributed by atoms with Gasteiger partial charge in [-0.25, -0.2) is 5.84 Å². The van der Waals surface area contributed by atoms with Crippen molar-refractivity contribution < 1.29 is 9.53 Å². The number of rotatable bonds is 8. The van der Waals surface area contributed by atoms with Gasteiger partial charge in [-0.3, -0.25) is 10.2 Å². The molecule has 0 bridgehead atoms. The molecular formula is C12H25N3O2. The number of likely N-dealkylation sites (tertiary alicyclic amines) is 1. The van der Waals surface area contributed by atoms with Crippen LogP contribution in [0.2, 0.25) is 0 Å². The fraction of sp³-hybridized carbons (Fsp3) is 0.917. The third-order valence-electron chi connectivity index (χ3n) is 3.31. The highest BCUT2D eigenvalue weighted by Gasteiger charge is 2.21. The fourth-order valence-corrected chi connectivity index (χ4v) is 2.36. The Kier molecular flexibility index (Phi) is 7.16. The summed E-state index contributed by atoms with van der Waals surface area (Å²) in [6, 6.07) is 0. The zero-order valence-electron chi connectivity index (χ0n) is 10.8. The highest BCUT2D eigenvalue weighted by Crippen LogP contribution is 2.16. The normalized spacial score (nSPS) is 20.7. The van der Waals surface area contributed by atoms with E-state index in [0.717, 1.165) is 39.0 Å². The number of amides is 1. The first-order valence-electron chi connectivity index (χ1n) is 6.47. The maximum Gasteiger partial charge on any atom is 0.233 e. The highest BCUT2D eigenvalue weighted by molar-refractivity contribution is 5.74. The van der Waals surface area contributed by atoms with Crippen LogP contribution in [-0.2, 0) is 9.53 Å². The molecular weight excluding hydrogens is 218 g/mol. The molecule has 1 heterocycles. The number of carbonyl (C=O) groups is 1. The van der Waals surface area contributed by atoms with E-state index in [-0.39, 0.29) is 5.91 Å². The quantitative estimate of drug-likeness (QED) is 0.282. The standard InChI is InChI=1S/C12H25N3O2/c1-17-10-11-6-8-15(9-11)7-4-2-3-5-12(16)14-13/h11H,2-10,13H2,1H3,(H,14,16). The number of nitrogens with two attached hydrogens (primary N) is 1. The third-order valence-corrected chi connectivity index (χ3v) is 3.31. The Morgan fingerprint density at radius 1 is 1.47 bits per heavy atom. The minimum atomic E-state index is -0.0636. The molecule has 0 aromatic rings. The van der Waals surface area contributed by atoms with Crippen molar-refractivity contribution in [3.05, 3.63) is 0 Å². The average Bonchev–Trinajstić information content (AvgIpc) is 2.76. The first kappa shape index (κ1) is 14.4. The van der Waals surface area contributed by atoms with Gasteiger partial charge in [0, 0.05) is 20.1 Å². The third kappa shape index (κ3) is 6.00. The smallest absolute Gasteiger partial charge is 0.233 e. The van der Waals surface area contributed by atoms with Gasteiger partial charge in [0.2, 0.25) is 5.91 Å². The van der Waals surface area contributed by atoms with Gasteiger partial charge in [0.05, 0.1) is 6.61 Å². The van der Waals surface area contributed by atoms with Crippen LogP contribution in [0.15, 0.2) is 0 Å². The molecule has 1 aliphatic rings. The van der Waals surface area contributed by atoms with Crippen molar-refractivity contribution in [1.82, 2.24) is 10.3 Å². The Bertz CT molecular complexity index is 224. The van der Waals surface area contributed by atoms with Crippen LogP contribution < -0.4 is 11.3 Å². The zero-order valence-corrected chi connectivity index (χ0v) is 10.8. The van der Waals surface area contributed by atoms with Crippen molar-refractivity contribution in [1.29, 1.82) is 0 Å². The summed E-state index contributed by atoms with van der Waals surface area (Å²) in [4.78, 5) is 13.4. The van der Waals surface area contributed by atoms with E-state index in [2.05, 4.69) is 10.3 Å². The molecule has 17 heavy (non-hydrogen) atoms. The van der Waals surface area contributed by atoms with Gasteiger partial charge in [0.15, 0.2) is 0 Å². The lowest BCUT2D eigenvalue weighted by atomic mass is 10.1. The summed E-state index contributed by atoms with van der Waals surface area (Å²) in [6.07, 6.45) is 4.99. The lowest BCUT2D eigenvalue weighted by molar-refractivity contribution is -0.121. The van der Waals surface area contributed by atoms with Gasteiger partial charge in [0.1, 0.15) is 0 Å². The van der Waals surface area contributed by atoms with Crippen molar-refractivity contribution in [2.45, 2.75) is 32.1 Å². The lowest BCUT2D eigenvalue weighted by Gasteiger charge is -2.15. The van der Waals surface area contributed by atoms with Crippen molar-refractivity contribution in [3.8, 4) is 0 Å². The van der Waals surface area contributed by atoms with Crippen LogP contribution in [0.4, 0.5) is 0 Å². The van der Waals surface area contributed by atoms with E-state index in [0.29, 0.717) is 12.3 Å². The lowest BCUT2D eigenvalue weighted by Crippen LogP contribution is -2.29. The van der Waals surface area contributed by atoms with E-state index in [9.17, 15) is 4.79 Å². The van der Waals surface area contributed by atoms with Gasteiger partial charge in [-0.1, -0.05) is 6.42 Å². The van der Waals surface area contributed by atoms with E-state index in [4.69, 9.17) is 10.6 Å². The molecule has 100 valence electrons. The molecule has 3 N–H and O–H groups in total. The largest absolute Gasteiger partial charge is 0.384 e. The predicted octanol–water partition coefficient (Wildman–Crippen LogP) is 0.505. The van der Waals surface area contributed by atoms with Crippen molar-refractivity contribution in [3.63, 3.8) is 0 Å². The molecule has 0 aromatic heterocycles. The summed E-state index contributed by atoms with van der Waals surface area (Å²) < 4.78 is 5.17. The second kappa shape index (κ2) is 8.44. The monoisotopic (exact) mass is 243 g/mol. The van der Waals surface area contributed by atoms with Crippen molar-refractivity contribution in [2.75, 3.05) is 33.4 Å². The molecule has 0 aliphatic carbocycles. The van der Waals surface area contributed by atoms with Gasteiger partial charge < -0.3 is 9.64 Å². The summed E-state index contributed by atoms with van der Waals surface area (Å²) >= 11 is 0. The van der Waals surface area contributed by atoms with Gasteiger partial charge in [-0.2, -0.15) is 0 Å². The minimum absolute atomic E-state index is 0.0636. The summed E-state index contributed by atoms with van der Waals surface area (Å²) in [6.45, 7) is 4.38. The molecule has 0 saturated carbocycles. The number of nitrogens with zero attached hydrogens (tertiary/aromatic N) is 1. The molecule has 0 aromatic carbocycles. The topological polar surface area (TPSA) is 67.6 Å². The van der Waals surface area contributed by atoms with Crippen LogP contribution in [-0.4, -0.2) is 44.2 Å². The Morgan fingerprint density at radius 2 is 2.29 bits per heavy atom. The summed E-state index contributed by atoms with van der Waals surface area (Å²) in [5, 5.41) is 0. The summed E-state index contributed by atoms with van der Waals surface area (Å²) in [5.74, 6) is 5.66. The van der Waals surface area contributed by atoms with Crippen LogP contribution in [0.25, 0.3) is 0 Å². The second-order valence-corrected chi connectivity index (χ2v) is 4.79. The van der Waals surface area contributed by atoms with Crippen LogP contribution in [0.5, 0.6) is 0 Å². The number of nitrogens with one attached hydrogen (secondary N) is 1. The minimum Gasteiger partial charge on any atom is -0.384 e. The number of ether oxygens (including phenoxy) is 1. The number of hydrazine groups is 1. The number of methoxy groups -OCH3 is 1. The Hall–Kier alpha value is -0.650. The molecule has 0 radical (unpaired) electrons. The molecule has 1 fully saturated rings. The Morgan fingerprint density at radius 3 is 3.00 bits per heavy atom. The van der Waals surface area contributed by atoms with Crippen LogP contribution in [0, 0.1) is 5.92 Å². The van der Waals surface area contributed by atoms with Crippen LogP contribution >= 0.6 is 0 Å². The molecule has 5 heteroatoms. The molecule has 5 nitrogen and oxygen atoms in total. The fourth-order valence-electron chi connectivity index (χ4n) is 2.36. The molecule has 1 rings (SSSR count). The molecule has 1 atom stereocenters. The molecule has 1 amide bonds. The van der Waals surface area contributed by atoms with E-state index in [1.165, 1.54) is 13.0 Å². The van der Waals surface area contributed by atoms with Gasteiger partial charge in [-0.15, -0.1) is 0 Å². The molecule has 1 unspecified atom stereocenters. The predicted molar refractivity (Wildman–Crippen MR) is 67.2 cm³/mol. The summed E-state index contributed by atoms with van der Waals surface area (Å²) in [7, 11) is 1.77. The van der Waals surface area contributed by atoms with Gasteiger partial charge in [-0.05, 0) is 38.3 Å². The molecule has 1 aliphatic heterocycles. The Labute approximate surface area is 104 Å². The number of carbonyl (C=O) groups excluding carboxylic acids is 1. The van der Waals surface area contributed by atoms with Crippen molar-refractivity contribution >= 4 is 5.91 Å². The first-order valence-corrected chi connectivity index (χ1v) is 6.47. The Balaban J connectivity index is 1.95. The first-order chi connectivity index (χ1) is 8.26. The van der Waals surface area contributed by atoms with Gasteiger partial charge >= 0.3 is 0 Å². The number of unbranched alkanes of at least 4 members (excludes halogenated alkanes) is 2. The van der Waals surface area contributed by atoms with E-state index in [1.807, 2.05) is 0 Å². The van der Waals surface area contributed by atoms with Crippen LogP contribution in [0.3, 0.4) is 0 Å². The van der Waals surface area contributed by atoms with E-state index in [1.54, 1.807) is 7.11 Å². The highest BCUT2D eigenvalue weighted by atomic mass is 16.5. The van der Waals surface area contributed by atoms with E-state index >= 15 is 0 Å². The zero-order chi connectivity index (χ0) is 12.5. The van der Waals surface area contributed by atoms with E-state index < -0.39 is 0 Å². The second-order valence-electron chi connectivity index (χ2n) is 4.79. The molecule has 0 spiro atoms. The SMILES string of the molecule is COCC1CCN(CCCCCC(=O)NN)C1. The van der Waals surface area contributed by atoms with Crippen LogP contribution in [0.1, 0.15) is 32.1 Å². The number of hydrogen-bond donors (Lipinski definition) is 2. The maximum atomic E-state index is 10.9. The van der Waals surface area contributed by atoms with Gasteiger partial charge in [0.25, 0.3) is 0 Å². The average molecular weight is 243 g/mol. The summed E-state index contributed by atoms with van der Waals surface area (Å²) in [5.41, 5.74) is 2.15. The molecule has 1 saturated heterocycles. The van der Waals surface area contributed by atoms with Crippen molar-refractivity contribution in [2.24, 2.45) is 11.8 Å². The maximum absolute atomic E-state index is 10.9. The number of hydrogen-bond acceptors (Lipinski definition) is 4.